The molecule has 2 unspecified atom stereocenters. The summed E-state index contributed by atoms with van der Waals surface area (Å²) in [5.41, 5.74) is 2.52. The molecule has 4 bridgehead atoms. The topological polar surface area (TPSA) is 32.6 Å². The van der Waals surface area contributed by atoms with Crippen molar-refractivity contribution in [1.82, 2.24) is 0 Å². The molecular weight excluding hydrogens is 222 g/mol. The van der Waals surface area contributed by atoms with Gasteiger partial charge in [0.2, 0.25) is 0 Å². The average Bonchev–Trinajstić information content (AvgIpc) is 2.39. The standard InChI is InChI=1S/C16H19NO/c18-17-15-13-7-11-6-12(8-13)10-16(15,9-11)14-4-2-1-3-5-14/h1-5,11-13,18H,6-10H2/b17-15+/t11-,12+,13?,16?. The Labute approximate surface area is 108 Å². The Bertz CT molecular complexity index is 479. The molecular formula is C16H19NO. The zero-order valence-electron chi connectivity index (χ0n) is 10.5. The molecule has 94 valence electrons. The number of hydrogen-bond donors (Lipinski definition) is 1. The molecule has 4 aliphatic rings. The van der Waals surface area contributed by atoms with Gasteiger partial charge in [0.25, 0.3) is 0 Å². The van der Waals surface area contributed by atoms with Gasteiger partial charge in [-0.1, -0.05) is 35.5 Å². The lowest BCUT2D eigenvalue weighted by atomic mass is 9.47. The van der Waals surface area contributed by atoms with Crippen molar-refractivity contribution >= 4 is 5.71 Å². The van der Waals surface area contributed by atoms with Crippen LogP contribution in [0.25, 0.3) is 0 Å². The maximum atomic E-state index is 9.51. The van der Waals surface area contributed by atoms with Gasteiger partial charge in [0.15, 0.2) is 0 Å². The summed E-state index contributed by atoms with van der Waals surface area (Å²) < 4.78 is 0. The second-order valence-electron chi connectivity index (χ2n) is 6.48. The van der Waals surface area contributed by atoms with Crippen LogP contribution in [-0.4, -0.2) is 10.9 Å². The lowest BCUT2D eigenvalue weighted by Gasteiger charge is -2.57. The number of oxime groups is 1. The van der Waals surface area contributed by atoms with Crippen LogP contribution in [0.1, 0.15) is 37.7 Å². The van der Waals surface area contributed by atoms with E-state index >= 15 is 0 Å². The molecule has 0 aliphatic heterocycles. The normalized spacial score (nSPS) is 43.6. The van der Waals surface area contributed by atoms with Crippen LogP contribution in [0.2, 0.25) is 0 Å². The second kappa shape index (κ2) is 3.59. The van der Waals surface area contributed by atoms with E-state index in [9.17, 15) is 5.21 Å². The minimum absolute atomic E-state index is 0.0603. The Morgan fingerprint density at radius 1 is 1.00 bits per heavy atom. The number of nitrogens with zero attached hydrogens (tertiary/aromatic N) is 1. The van der Waals surface area contributed by atoms with Crippen LogP contribution in [0.4, 0.5) is 0 Å². The summed E-state index contributed by atoms with van der Waals surface area (Å²) in [7, 11) is 0. The van der Waals surface area contributed by atoms with Gasteiger partial charge in [0, 0.05) is 11.3 Å². The molecule has 0 amide bonds. The van der Waals surface area contributed by atoms with Gasteiger partial charge in [-0.05, 0) is 49.5 Å². The van der Waals surface area contributed by atoms with E-state index in [-0.39, 0.29) is 5.41 Å². The predicted octanol–water partition coefficient (Wildman–Crippen LogP) is 3.59. The summed E-state index contributed by atoms with van der Waals surface area (Å²) in [6, 6.07) is 10.7. The minimum Gasteiger partial charge on any atom is -0.411 e. The van der Waals surface area contributed by atoms with Crippen molar-refractivity contribution in [2.45, 2.75) is 37.5 Å². The Morgan fingerprint density at radius 2 is 1.67 bits per heavy atom. The van der Waals surface area contributed by atoms with E-state index in [4.69, 9.17) is 0 Å². The van der Waals surface area contributed by atoms with Gasteiger partial charge in [0.05, 0.1) is 5.71 Å². The first kappa shape index (κ1) is 10.6. The van der Waals surface area contributed by atoms with Gasteiger partial charge in [0.1, 0.15) is 0 Å². The zero-order chi connectivity index (χ0) is 12.2. The molecule has 5 rings (SSSR count). The fourth-order valence-electron chi connectivity index (χ4n) is 5.11. The highest BCUT2D eigenvalue weighted by atomic mass is 16.4. The second-order valence-corrected chi connectivity index (χ2v) is 6.48. The van der Waals surface area contributed by atoms with Crippen LogP contribution in [-0.2, 0) is 5.41 Å². The summed E-state index contributed by atoms with van der Waals surface area (Å²) in [5, 5.41) is 13.3. The van der Waals surface area contributed by atoms with Crippen molar-refractivity contribution in [2.75, 3.05) is 0 Å². The van der Waals surface area contributed by atoms with Crippen molar-refractivity contribution in [3.63, 3.8) is 0 Å². The molecule has 2 nitrogen and oxygen atoms in total. The maximum absolute atomic E-state index is 9.51. The van der Waals surface area contributed by atoms with Gasteiger partial charge in [-0.15, -0.1) is 0 Å². The highest BCUT2D eigenvalue weighted by Crippen LogP contribution is 2.59. The smallest absolute Gasteiger partial charge is 0.0707 e. The van der Waals surface area contributed by atoms with Crippen LogP contribution in [0, 0.1) is 17.8 Å². The van der Waals surface area contributed by atoms with Crippen molar-refractivity contribution < 1.29 is 5.21 Å². The Morgan fingerprint density at radius 3 is 2.28 bits per heavy atom. The van der Waals surface area contributed by atoms with E-state index < -0.39 is 0 Å². The van der Waals surface area contributed by atoms with Gasteiger partial charge in [-0.3, -0.25) is 0 Å². The van der Waals surface area contributed by atoms with Crippen molar-refractivity contribution in [2.24, 2.45) is 22.9 Å². The fourth-order valence-corrected chi connectivity index (χ4v) is 5.11. The summed E-state index contributed by atoms with van der Waals surface area (Å²) in [6.07, 6.45) is 6.31. The molecule has 4 aliphatic carbocycles. The Hall–Kier alpha value is -1.31. The van der Waals surface area contributed by atoms with Gasteiger partial charge >= 0.3 is 0 Å². The first-order valence-corrected chi connectivity index (χ1v) is 7.10. The molecule has 0 aromatic heterocycles. The molecule has 0 spiro atoms. The Kier molecular flexibility index (Phi) is 2.12. The lowest BCUT2D eigenvalue weighted by molar-refractivity contribution is 0.0823. The van der Waals surface area contributed by atoms with Crippen molar-refractivity contribution in [1.29, 1.82) is 0 Å². The van der Waals surface area contributed by atoms with Gasteiger partial charge in [-0.2, -0.15) is 0 Å². The quantitative estimate of drug-likeness (QED) is 0.591. The lowest BCUT2D eigenvalue weighted by Crippen LogP contribution is -2.55. The molecule has 0 radical (unpaired) electrons. The summed E-state index contributed by atoms with van der Waals surface area (Å²) in [5.74, 6) is 2.25. The zero-order valence-corrected chi connectivity index (χ0v) is 10.5. The van der Waals surface area contributed by atoms with Crippen LogP contribution in [0.5, 0.6) is 0 Å². The van der Waals surface area contributed by atoms with E-state index in [1.807, 2.05) is 0 Å². The molecule has 2 heteroatoms. The summed E-state index contributed by atoms with van der Waals surface area (Å²) in [6.45, 7) is 0. The third-order valence-corrected chi connectivity index (χ3v) is 5.49. The molecule has 0 heterocycles. The largest absolute Gasteiger partial charge is 0.411 e. The molecule has 1 N–H and O–H groups in total. The number of rotatable bonds is 1. The highest BCUT2D eigenvalue weighted by Gasteiger charge is 2.56. The summed E-state index contributed by atoms with van der Waals surface area (Å²) >= 11 is 0. The third-order valence-electron chi connectivity index (χ3n) is 5.49. The Balaban J connectivity index is 1.87. The molecule has 18 heavy (non-hydrogen) atoms. The summed E-state index contributed by atoms with van der Waals surface area (Å²) in [4.78, 5) is 0. The van der Waals surface area contributed by atoms with Gasteiger partial charge in [-0.25, -0.2) is 0 Å². The van der Waals surface area contributed by atoms with Crippen LogP contribution < -0.4 is 0 Å². The van der Waals surface area contributed by atoms with E-state index in [0.29, 0.717) is 5.92 Å². The molecule has 4 atom stereocenters. The van der Waals surface area contributed by atoms with Crippen molar-refractivity contribution in [3.8, 4) is 0 Å². The molecule has 0 saturated heterocycles. The maximum Gasteiger partial charge on any atom is 0.0707 e. The van der Waals surface area contributed by atoms with E-state index in [2.05, 4.69) is 35.5 Å². The van der Waals surface area contributed by atoms with E-state index in [1.165, 1.54) is 37.7 Å². The first-order valence-electron chi connectivity index (χ1n) is 7.10. The number of hydrogen-bond acceptors (Lipinski definition) is 2. The average molecular weight is 241 g/mol. The third kappa shape index (κ3) is 1.26. The predicted molar refractivity (Wildman–Crippen MR) is 70.9 cm³/mol. The fraction of sp³-hybridized carbons (Fsp3) is 0.562. The SMILES string of the molecule is O/N=C1\C2C[C@@H]3C[C@H](C2)CC1(c1ccccc1)C3. The van der Waals surface area contributed by atoms with Crippen molar-refractivity contribution in [3.05, 3.63) is 35.9 Å². The van der Waals surface area contributed by atoms with Crippen LogP contribution in [0.3, 0.4) is 0 Å². The molecule has 1 aromatic rings. The first-order chi connectivity index (χ1) is 8.82. The van der Waals surface area contributed by atoms with E-state index in [0.717, 1.165) is 17.5 Å². The molecule has 4 fully saturated rings. The van der Waals surface area contributed by atoms with Crippen LogP contribution >= 0.6 is 0 Å². The molecule has 4 saturated carbocycles. The number of benzene rings is 1. The van der Waals surface area contributed by atoms with Gasteiger partial charge < -0.3 is 5.21 Å². The van der Waals surface area contributed by atoms with E-state index in [1.54, 1.807) is 0 Å². The molecule has 1 aromatic carbocycles. The highest BCUT2D eigenvalue weighted by molar-refractivity contribution is 5.98. The van der Waals surface area contributed by atoms with Crippen LogP contribution in [0.15, 0.2) is 35.5 Å². The minimum atomic E-state index is 0.0603. The monoisotopic (exact) mass is 241 g/mol.